The van der Waals surface area contributed by atoms with Gasteiger partial charge in [0, 0.05) is 40.2 Å². The van der Waals surface area contributed by atoms with Crippen LogP contribution in [0.2, 0.25) is 0 Å². The van der Waals surface area contributed by atoms with Gasteiger partial charge in [0.05, 0.1) is 0 Å². The first kappa shape index (κ1) is 12.0. The number of nitrogen functional groups attached to an aromatic ring is 1. The van der Waals surface area contributed by atoms with E-state index in [-0.39, 0.29) is 5.25 Å². The van der Waals surface area contributed by atoms with Crippen LogP contribution in [0.25, 0.3) is 0 Å². The van der Waals surface area contributed by atoms with Gasteiger partial charge in [-0.3, -0.25) is 4.21 Å². The smallest absolute Gasteiger partial charge is 0.0489 e. The van der Waals surface area contributed by atoms with Gasteiger partial charge in [0.25, 0.3) is 0 Å². The van der Waals surface area contributed by atoms with Crippen LogP contribution in [-0.4, -0.2) is 22.3 Å². The van der Waals surface area contributed by atoms with Crippen LogP contribution in [0, 0.1) is 6.92 Å². The highest BCUT2D eigenvalue weighted by molar-refractivity contribution is 7.84. The number of nitrogens with one attached hydrogen (secondary N) is 1. The third kappa shape index (κ3) is 3.23. The van der Waals surface area contributed by atoms with Crippen LogP contribution in [-0.2, 0) is 10.8 Å². The van der Waals surface area contributed by atoms with Crippen molar-refractivity contribution in [1.82, 2.24) is 0 Å². The molecule has 0 amide bonds. The molecule has 15 heavy (non-hydrogen) atoms. The summed E-state index contributed by atoms with van der Waals surface area (Å²) in [6, 6.07) is 5.77. The van der Waals surface area contributed by atoms with E-state index >= 15 is 0 Å². The van der Waals surface area contributed by atoms with Crippen molar-refractivity contribution in [3.05, 3.63) is 23.8 Å². The van der Waals surface area contributed by atoms with Gasteiger partial charge in [0.1, 0.15) is 0 Å². The predicted octanol–water partition coefficient (Wildman–Crippen LogP) is 1.76. The first-order valence-electron chi connectivity index (χ1n) is 4.93. The molecule has 2 unspecified atom stereocenters. The predicted molar refractivity (Wildman–Crippen MR) is 67.6 cm³/mol. The van der Waals surface area contributed by atoms with E-state index in [2.05, 4.69) is 5.32 Å². The van der Waals surface area contributed by atoms with Gasteiger partial charge in [-0.05, 0) is 31.5 Å². The molecule has 0 spiro atoms. The Bertz CT molecular complexity index is 366. The number of nitrogens with two attached hydrogens (primary N) is 1. The summed E-state index contributed by atoms with van der Waals surface area (Å²) in [7, 11) is -0.790. The van der Waals surface area contributed by atoms with Crippen LogP contribution < -0.4 is 11.1 Å². The molecule has 3 N–H and O–H groups in total. The highest BCUT2D eigenvalue weighted by atomic mass is 32.2. The normalized spacial score (nSPS) is 14.6. The molecule has 0 aliphatic heterocycles. The van der Waals surface area contributed by atoms with E-state index in [0.29, 0.717) is 6.54 Å². The van der Waals surface area contributed by atoms with Gasteiger partial charge < -0.3 is 11.1 Å². The van der Waals surface area contributed by atoms with Gasteiger partial charge in [-0.1, -0.05) is 6.07 Å². The average Bonchev–Trinajstić information content (AvgIpc) is 2.19. The Morgan fingerprint density at radius 2 is 2.20 bits per heavy atom. The molecular weight excluding hydrogens is 208 g/mol. The number of benzene rings is 1. The van der Waals surface area contributed by atoms with Gasteiger partial charge in [0.15, 0.2) is 0 Å². The summed E-state index contributed by atoms with van der Waals surface area (Å²) in [5, 5.41) is 3.41. The molecule has 0 fully saturated rings. The summed E-state index contributed by atoms with van der Waals surface area (Å²) in [4.78, 5) is 0. The molecule has 1 rings (SSSR count). The molecule has 1 aromatic carbocycles. The van der Waals surface area contributed by atoms with Gasteiger partial charge >= 0.3 is 0 Å². The largest absolute Gasteiger partial charge is 0.398 e. The summed E-state index contributed by atoms with van der Waals surface area (Å²) >= 11 is 0. The van der Waals surface area contributed by atoms with Crippen LogP contribution in [0.5, 0.6) is 0 Å². The van der Waals surface area contributed by atoms with E-state index < -0.39 is 10.8 Å². The van der Waals surface area contributed by atoms with Gasteiger partial charge in [-0.15, -0.1) is 0 Å². The van der Waals surface area contributed by atoms with Crippen LogP contribution in [0.3, 0.4) is 0 Å². The number of hydrogen-bond donors (Lipinski definition) is 2. The summed E-state index contributed by atoms with van der Waals surface area (Å²) in [6.07, 6.45) is 1.72. The molecule has 0 aliphatic carbocycles. The maximum absolute atomic E-state index is 11.2. The Kier molecular flexibility index (Phi) is 4.15. The van der Waals surface area contributed by atoms with Crippen molar-refractivity contribution in [3.8, 4) is 0 Å². The van der Waals surface area contributed by atoms with Crippen LogP contribution in [0.4, 0.5) is 11.4 Å². The Balaban J connectivity index is 2.66. The molecule has 3 nitrogen and oxygen atoms in total. The summed E-state index contributed by atoms with van der Waals surface area (Å²) in [6.45, 7) is 4.64. The lowest BCUT2D eigenvalue weighted by atomic mass is 10.1. The Hall–Kier alpha value is -1.03. The monoisotopic (exact) mass is 226 g/mol. The summed E-state index contributed by atoms with van der Waals surface area (Å²) < 4.78 is 11.2. The zero-order valence-corrected chi connectivity index (χ0v) is 10.2. The second-order valence-corrected chi connectivity index (χ2v) is 5.51. The minimum absolute atomic E-state index is 0.144. The van der Waals surface area contributed by atoms with Gasteiger partial charge in [0.2, 0.25) is 0 Å². The van der Waals surface area contributed by atoms with E-state index in [4.69, 9.17) is 5.73 Å². The number of anilines is 2. The minimum atomic E-state index is -0.790. The van der Waals surface area contributed by atoms with Crippen molar-refractivity contribution in [1.29, 1.82) is 0 Å². The Morgan fingerprint density at radius 3 is 2.80 bits per heavy atom. The van der Waals surface area contributed by atoms with Crippen molar-refractivity contribution in [2.45, 2.75) is 19.1 Å². The maximum atomic E-state index is 11.2. The van der Waals surface area contributed by atoms with Crippen molar-refractivity contribution in [3.63, 3.8) is 0 Å². The van der Waals surface area contributed by atoms with Crippen molar-refractivity contribution in [2.75, 3.05) is 23.9 Å². The standard InChI is InChI=1S/C11H18N2OS/c1-8(15(3)14)7-13-11-6-4-5-10(12)9(11)2/h4-6,8,13H,7,12H2,1-3H3. The zero-order valence-electron chi connectivity index (χ0n) is 9.41. The average molecular weight is 226 g/mol. The molecule has 0 saturated carbocycles. The van der Waals surface area contributed by atoms with E-state index in [1.165, 1.54) is 0 Å². The lowest BCUT2D eigenvalue weighted by Gasteiger charge is -2.14. The lowest BCUT2D eigenvalue weighted by Crippen LogP contribution is -2.21. The van der Waals surface area contributed by atoms with Crippen LogP contribution in [0.1, 0.15) is 12.5 Å². The fourth-order valence-corrected chi connectivity index (χ4v) is 1.53. The highest BCUT2D eigenvalue weighted by Crippen LogP contribution is 2.20. The Morgan fingerprint density at radius 1 is 1.53 bits per heavy atom. The summed E-state index contributed by atoms with van der Waals surface area (Å²) in [5.41, 5.74) is 8.64. The number of hydrogen-bond acceptors (Lipinski definition) is 3. The molecule has 0 bridgehead atoms. The summed E-state index contributed by atoms with van der Waals surface area (Å²) in [5.74, 6) is 0. The molecule has 0 heterocycles. The quantitative estimate of drug-likeness (QED) is 0.769. The third-order valence-corrected chi connectivity index (χ3v) is 3.82. The molecular formula is C11H18N2OS. The molecule has 0 aliphatic rings. The van der Waals surface area contributed by atoms with Gasteiger partial charge in [-0.2, -0.15) is 0 Å². The van der Waals surface area contributed by atoms with E-state index in [1.54, 1.807) is 6.26 Å². The van der Waals surface area contributed by atoms with Gasteiger partial charge in [-0.25, -0.2) is 0 Å². The first-order valence-corrected chi connectivity index (χ1v) is 6.55. The molecule has 0 aromatic heterocycles. The van der Waals surface area contributed by atoms with E-state index in [0.717, 1.165) is 16.9 Å². The van der Waals surface area contributed by atoms with Crippen LogP contribution >= 0.6 is 0 Å². The minimum Gasteiger partial charge on any atom is -0.398 e. The topological polar surface area (TPSA) is 55.1 Å². The fourth-order valence-electron chi connectivity index (χ4n) is 1.22. The van der Waals surface area contributed by atoms with Crippen LogP contribution in [0.15, 0.2) is 18.2 Å². The lowest BCUT2D eigenvalue weighted by molar-refractivity contribution is 0.679. The second kappa shape index (κ2) is 5.16. The third-order valence-electron chi connectivity index (χ3n) is 2.52. The molecule has 0 saturated heterocycles. The molecule has 0 radical (unpaired) electrons. The first-order chi connectivity index (χ1) is 7.02. The fraction of sp³-hybridized carbons (Fsp3) is 0.455. The molecule has 84 valence electrons. The van der Waals surface area contributed by atoms with Crippen molar-refractivity contribution < 1.29 is 4.21 Å². The SMILES string of the molecule is Cc1c(N)cccc1NCC(C)S(C)=O. The van der Waals surface area contributed by atoms with Crippen molar-refractivity contribution >= 4 is 22.2 Å². The molecule has 2 atom stereocenters. The molecule has 4 heteroatoms. The molecule has 1 aromatic rings. The highest BCUT2D eigenvalue weighted by Gasteiger charge is 2.06. The second-order valence-electron chi connectivity index (χ2n) is 3.71. The number of rotatable bonds is 4. The van der Waals surface area contributed by atoms with E-state index in [9.17, 15) is 4.21 Å². The van der Waals surface area contributed by atoms with E-state index in [1.807, 2.05) is 32.0 Å². The van der Waals surface area contributed by atoms with Crippen molar-refractivity contribution in [2.24, 2.45) is 0 Å². The zero-order chi connectivity index (χ0) is 11.4. The Labute approximate surface area is 93.5 Å². The maximum Gasteiger partial charge on any atom is 0.0489 e.